The molecule has 3 rings (SSSR count). The Kier molecular flexibility index (Phi) is 2.78. The molecule has 4 nitrogen and oxygen atoms in total. The Morgan fingerprint density at radius 3 is 2.78 bits per heavy atom. The molecule has 2 aromatic carbocycles. The molecule has 0 aliphatic carbocycles. The number of nitrogens with zero attached hydrogens (tertiary/aromatic N) is 3. The topological polar surface area (TPSA) is 56.7 Å². The first-order valence-electron chi connectivity index (χ1n) is 5.90. The average Bonchev–Trinajstić information content (AvgIpc) is 2.91. The molecule has 0 aliphatic heterocycles. The molecule has 1 heterocycles. The smallest absolute Gasteiger partial charge is 0.137 e. The van der Waals surface area contributed by atoms with Crippen LogP contribution in [0.4, 0.5) is 0 Å². The summed E-state index contributed by atoms with van der Waals surface area (Å²) in [5.74, 6) is 0. The third-order valence-corrected chi connectivity index (χ3v) is 3.07. The maximum absolute atomic E-state index is 6.26. The summed E-state index contributed by atoms with van der Waals surface area (Å²) in [5.41, 5.74) is 7.41. The highest BCUT2D eigenvalue weighted by atomic mass is 15.3. The van der Waals surface area contributed by atoms with Crippen LogP contribution in [0.1, 0.15) is 11.6 Å². The second-order valence-corrected chi connectivity index (χ2v) is 4.29. The quantitative estimate of drug-likeness (QED) is 0.760. The molecule has 0 amide bonds. The molecule has 3 aromatic rings. The molecule has 4 heteroatoms. The van der Waals surface area contributed by atoms with Crippen LogP contribution in [0.25, 0.3) is 10.8 Å². The lowest BCUT2D eigenvalue weighted by atomic mass is 9.99. The fourth-order valence-electron chi connectivity index (χ4n) is 2.20. The summed E-state index contributed by atoms with van der Waals surface area (Å²) < 4.78 is 1.76. The van der Waals surface area contributed by atoms with Gasteiger partial charge in [-0.05, 0) is 16.3 Å². The van der Waals surface area contributed by atoms with Crippen LogP contribution in [0.2, 0.25) is 0 Å². The Hall–Kier alpha value is -2.20. The molecule has 0 radical (unpaired) electrons. The van der Waals surface area contributed by atoms with Gasteiger partial charge in [0.25, 0.3) is 0 Å². The van der Waals surface area contributed by atoms with E-state index in [0.717, 1.165) is 5.56 Å². The zero-order valence-electron chi connectivity index (χ0n) is 9.90. The monoisotopic (exact) mass is 238 g/mol. The van der Waals surface area contributed by atoms with Crippen molar-refractivity contribution >= 4 is 10.8 Å². The first-order chi connectivity index (χ1) is 8.84. The second kappa shape index (κ2) is 4.58. The Labute approximate surface area is 105 Å². The highest BCUT2D eigenvalue weighted by Gasteiger charge is 2.10. The maximum Gasteiger partial charge on any atom is 0.137 e. The van der Waals surface area contributed by atoms with E-state index >= 15 is 0 Å². The largest absolute Gasteiger partial charge is 0.322 e. The molecule has 0 fully saturated rings. The third kappa shape index (κ3) is 1.98. The summed E-state index contributed by atoms with van der Waals surface area (Å²) in [6.07, 6.45) is 3.21. The number of nitrogens with two attached hydrogens (primary N) is 1. The molecule has 2 N–H and O–H groups in total. The van der Waals surface area contributed by atoms with Crippen LogP contribution in [-0.2, 0) is 6.54 Å². The van der Waals surface area contributed by atoms with Crippen LogP contribution in [0.15, 0.2) is 55.1 Å². The van der Waals surface area contributed by atoms with Crippen molar-refractivity contribution in [2.45, 2.75) is 12.6 Å². The number of hydrogen-bond acceptors (Lipinski definition) is 3. The van der Waals surface area contributed by atoms with Crippen molar-refractivity contribution in [3.63, 3.8) is 0 Å². The van der Waals surface area contributed by atoms with E-state index in [0.29, 0.717) is 6.54 Å². The highest BCUT2D eigenvalue weighted by molar-refractivity contribution is 5.86. The normalized spacial score (nSPS) is 12.7. The predicted octanol–water partition coefficient (Wildman–Crippen LogP) is 2.13. The van der Waals surface area contributed by atoms with Crippen LogP contribution in [0.3, 0.4) is 0 Å². The van der Waals surface area contributed by atoms with Gasteiger partial charge in [-0.1, -0.05) is 42.5 Å². The molecular weight excluding hydrogens is 224 g/mol. The highest BCUT2D eigenvalue weighted by Crippen LogP contribution is 2.23. The third-order valence-electron chi connectivity index (χ3n) is 3.07. The number of fused-ring (bicyclic) bond motifs is 1. The van der Waals surface area contributed by atoms with Gasteiger partial charge in [-0.3, -0.25) is 4.68 Å². The van der Waals surface area contributed by atoms with Crippen molar-refractivity contribution in [1.29, 1.82) is 0 Å². The summed E-state index contributed by atoms with van der Waals surface area (Å²) in [4.78, 5) is 3.93. The van der Waals surface area contributed by atoms with E-state index in [4.69, 9.17) is 5.73 Å². The molecule has 18 heavy (non-hydrogen) atoms. The molecule has 0 spiro atoms. The van der Waals surface area contributed by atoms with Gasteiger partial charge in [-0.2, -0.15) is 5.10 Å². The number of hydrogen-bond donors (Lipinski definition) is 1. The summed E-state index contributed by atoms with van der Waals surface area (Å²) >= 11 is 0. The first-order valence-corrected chi connectivity index (χ1v) is 5.90. The number of benzene rings is 2. The molecule has 0 saturated heterocycles. The van der Waals surface area contributed by atoms with Crippen molar-refractivity contribution in [1.82, 2.24) is 14.8 Å². The van der Waals surface area contributed by atoms with Gasteiger partial charge in [0.2, 0.25) is 0 Å². The summed E-state index contributed by atoms with van der Waals surface area (Å²) in [6.45, 7) is 0.633. The zero-order chi connectivity index (χ0) is 12.4. The molecule has 1 unspecified atom stereocenters. The molecule has 0 saturated carbocycles. The van der Waals surface area contributed by atoms with E-state index in [2.05, 4.69) is 34.3 Å². The van der Waals surface area contributed by atoms with Gasteiger partial charge in [0.1, 0.15) is 12.7 Å². The molecule has 1 aromatic heterocycles. The van der Waals surface area contributed by atoms with Crippen molar-refractivity contribution in [2.75, 3.05) is 0 Å². The molecular formula is C14H14N4. The van der Waals surface area contributed by atoms with E-state index in [-0.39, 0.29) is 6.04 Å². The lowest BCUT2D eigenvalue weighted by Gasteiger charge is -2.14. The molecule has 90 valence electrons. The lowest BCUT2D eigenvalue weighted by Crippen LogP contribution is -2.18. The van der Waals surface area contributed by atoms with Gasteiger partial charge in [0.05, 0.1) is 12.6 Å². The predicted molar refractivity (Wildman–Crippen MR) is 70.9 cm³/mol. The lowest BCUT2D eigenvalue weighted by molar-refractivity contribution is 0.529. The van der Waals surface area contributed by atoms with Gasteiger partial charge < -0.3 is 5.73 Å². The fraction of sp³-hybridized carbons (Fsp3) is 0.143. The van der Waals surface area contributed by atoms with Gasteiger partial charge >= 0.3 is 0 Å². The average molecular weight is 238 g/mol. The van der Waals surface area contributed by atoms with Gasteiger partial charge in [-0.25, -0.2) is 4.98 Å². The maximum atomic E-state index is 6.26. The standard InChI is InChI=1S/C14H14N4/c15-14(8-18-10-16-9-17-18)13-7-3-5-11-4-1-2-6-12(11)13/h1-7,9-10,14H,8,15H2. The Morgan fingerprint density at radius 1 is 1.11 bits per heavy atom. The van der Waals surface area contributed by atoms with Crippen LogP contribution in [-0.4, -0.2) is 14.8 Å². The number of aromatic nitrogens is 3. The molecule has 0 bridgehead atoms. The fourth-order valence-corrected chi connectivity index (χ4v) is 2.20. The summed E-state index contributed by atoms with van der Waals surface area (Å²) in [5, 5.41) is 6.50. The SMILES string of the molecule is NC(Cn1cncn1)c1cccc2ccccc12. The van der Waals surface area contributed by atoms with Gasteiger partial charge in [-0.15, -0.1) is 0 Å². The Bertz CT molecular complexity index is 640. The van der Waals surface area contributed by atoms with E-state index in [9.17, 15) is 0 Å². The zero-order valence-corrected chi connectivity index (χ0v) is 9.90. The van der Waals surface area contributed by atoms with Gasteiger partial charge in [0.15, 0.2) is 0 Å². The molecule has 1 atom stereocenters. The van der Waals surface area contributed by atoms with E-state index in [1.54, 1.807) is 11.0 Å². The van der Waals surface area contributed by atoms with E-state index in [1.165, 1.54) is 17.1 Å². The van der Waals surface area contributed by atoms with Gasteiger partial charge in [0, 0.05) is 0 Å². The summed E-state index contributed by atoms with van der Waals surface area (Å²) in [6, 6.07) is 14.4. The molecule has 0 aliphatic rings. The minimum Gasteiger partial charge on any atom is -0.322 e. The Balaban J connectivity index is 1.98. The van der Waals surface area contributed by atoms with Crippen LogP contribution in [0, 0.1) is 0 Å². The van der Waals surface area contributed by atoms with E-state index in [1.807, 2.05) is 18.2 Å². The van der Waals surface area contributed by atoms with E-state index < -0.39 is 0 Å². The van der Waals surface area contributed by atoms with Crippen LogP contribution >= 0.6 is 0 Å². The van der Waals surface area contributed by atoms with Crippen LogP contribution < -0.4 is 5.73 Å². The minimum absolute atomic E-state index is 0.0854. The van der Waals surface area contributed by atoms with Crippen molar-refractivity contribution in [3.8, 4) is 0 Å². The Morgan fingerprint density at radius 2 is 1.94 bits per heavy atom. The number of rotatable bonds is 3. The first kappa shape index (κ1) is 10.9. The second-order valence-electron chi connectivity index (χ2n) is 4.29. The van der Waals surface area contributed by atoms with Crippen LogP contribution in [0.5, 0.6) is 0 Å². The minimum atomic E-state index is -0.0854. The van der Waals surface area contributed by atoms with Crippen molar-refractivity contribution in [3.05, 3.63) is 60.7 Å². The van der Waals surface area contributed by atoms with Crippen molar-refractivity contribution in [2.24, 2.45) is 5.73 Å². The summed E-state index contributed by atoms with van der Waals surface area (Å²) in [7, 11) is 0. The van der Waals surface area contributed by atoms with Crippen molar-refractivity contribution < 1.29 is 0 Å².